The molecule has 1 aromatic heterocycles. The lowest BCUT2D eigenvalue weighted by atomic mass is 10.1. The molecule has 0 aliphatic heterocycles. The second-order valence-corrected chi connectivity index (χ2v) is 3.57. The zero-order chi connectivity index (χ0) is 8.97. The summed E-state index contributed by atoms with van der Waals surface area (Å²) in [6, 6.07) is 0. The van der Waals surface area contributed by atoms with Gasteiger partial charge in [-0.1, -0.05) is 13.8 Å². The summed E-state index contributed by atoms with van der Waals surface area (Å²) >= 11 is 0. The Morgan fingerprint density at radius 3 is 2.83 bits per heavy atom. The molecule has 0 aliphatic rings. The molecule has 0 atom stereocenters. The zero-order valence-electron chi connectivity index (χ0n) is 7.83. The summed E-state index contributed by atoms with van der Waals surface area (Å²) in [5.74, 6) is 0.776. The van der Waals surface area contributed by atoms with E-state index in [1.54, 1.807) is 6.20 Å². The van der Waals surface area contributed by atoms with Gasteiger partial charge in [0.05, 0.1) is 11.9 Å². The van der Waals surface area contributed by atoms with Crippen LogP contribution in [-0.4, -0.2) is 9.78 Å². The van der Waals surface area contributed by atoms with Crippen LogP contribution >= 0.6 is 0 Å². The number of nitrogen functional groups attached to an aromatic ring is 1. The standard InChI is InChI=1S/C9H17N3/c1-8(2)4-3-5-12-7-9(10)6-11-12/h6-8H,3-5,10H2,1-2H3. The normalized spacial score (nSPS) is 10.9. The Balaban J connectivity index is 2.24. The molecule has 0 bridgehead atoms. The van der Waals surface area contributed by atoms with Gasteiger partial charge < -0.3 is 5.73 Å². The highest BCUT2D eigenvalue weighted by molar-refractivity contribution is 5.30. The Morgan fingerprint density at radius 2 is 2.33 bits per heavy atom. The van der Waals surface area contributed by atoms with Crippen LogP contribution in [0.15, 0.2) is 12.4 Å². The molecule has 0 radical (unpaired) electrons. The van der Waals surface area contributed by atoms with Gasteiger partial charge in [0, 0.05) is 12.7 Å². The van der Waals surface area contributed by atoms with E-state index in [2.05, 4.69) is 18.9 Å². The molecule has 2 N–H and O–H groups in total. The molecule has 0 aliphatic carbocycles. The number of rotatable bonds is 4. The van der Waals surface area contributed by atoms with Crippen molar-refractivity contribution in [3.63, 3.8) is 0 Å². The molecule has 68 valence electrons. The average molecular weight is 167 g/mol. The molecule has 0 aromatic carbocycles. The highest BCUT2D eigenvalue weighted by Crippen LogP contribution is 2.06. The Labute approximate surface area is 73.6 Å². The van der Waals surface area contributed by atoms with Crippen LogP contribution in [-0.2, 0) is 6.54 Å². The summed E-state index contributed by atoms with van der Waals surface area (Å²) in [6.45, 7) is 5.45. The van der Waals surface area contributed by atoms with Gasteiger partial charge in [0.15, 0.2) is 0 Å². The molecule has 1 rings (SSSR count). The summed E-state index contributed by atoms with van der Waals surface area (Å²) in [4.78, 5) is 0. The number of hydrogen-bond donors (Lipinski definition) is 1. The van der Waals surface area contributed by atoms with Crippen molar-refractivity contribution in [3.8, 4) is 0 Å². The number of nitrogens with zero attached hydrogens (tertiary/aromatic N) is 2. The maximum Gasteiger partial charge on any atom is 0.0719 e. The van der Waals surface area contributed by atoms with E-state index < -0.39 is 0 Å². The van der Waals surface area contributed by atoms with E-state index in [4.69, 9.17) is 5.73 Å². The minimum Gasteiger partial charge on any atom is -0.396 e. The summed E-state index contributed by atoms with van der Waals surface area (Å²) < 4.78 is 1.90. The quantitative estimate of drug-likeness (QED) is 0.744. The molecular weight excluding hydrogens is 150 g/mol. The van der Waals surface area contributed by atoms with Gasteiger partial charge in [-0.25, -0.2) is 0 Å². The van der Waals surface area contributed by atoms with Gasteiger partial charge in [0.1, 0.15) is 0 Å². The first kappa shape index (κ1) is 9.10. The summed E-state index contributed by atoms with van der Waals surface area (Å²) in [5, 5.41) is 4.10. The molecule has 0 fully saturated rings. The fourth-order valence-corrected chi connectivity index (χ4v) is 1.16. The average Bonchev–Trinajstić information content (AvgIpc) is 2.35. The van der Waals surface area contributed by atoms with E-state index in [-0.39, 0.29) is 0 Å². The first-order valence-corrected chi connectivity index (χ1v) is 4.46. The van der Waals surface area contributed by atoms with Crippen molar-refractivity contribution in [2.75, 3.05) is 5.73 Å². The first-order chi connectivity index (χ1) is 5.68. The molecule has 1 heterocycles. The predicted molar refractivity (Wildman–Crippen MR) is 50.7 cm³/mol. The Hall–Kier alpha value is -0.990. The summed E-state index contributed by atoms with van der Waals surface area (Å²) in [5.41, 5.74) is 6.28. The van der Waals surface area contributed by atoms with E-state index in [0.717, 1.165) is 18.2 Å². The van der Waals surface area contributed by atoms with Crippen molar-refractivity contribution in [3.05, 3.63) is 12.4 Å². The van der Waals surface area contributed by atoms with Gasteiger partial charge in [-0.2, -0.15) is 5.10 Å². The first-order valence-electron chi connectivity index (χ1n) is 4.46. The lowest BCUT2D eigenvalue weighted by Gasteiger charge is -2.03. The van der Waals surface area contributed by atoms with Crippen LogP contribution in [0.2, 0.25) is 0 Å². The van der Waals surface area contributed by atoms with Crippen LogP contribution in [0, 0.1) is 5.92 Å². The third kappa shape index (κ3) is 2.95. The van der Waals surface area contributed by atoms with Crippen molar-refractivity contribution in [1.29, 1.82) is 0 Å². The second kappa shape index (κ2) is 4.14. The lowest BCUT2D eigenvalue weighted by Crippen LogP contribution is -1.99. The van der Waals surface area contributed by atoms with Gasteiger partial charge in [-0.05, 0) is 18.8 Å². The zero-order valence-corrected chi connectivity index (χ0v) is 7.83. The number of anilines is 1. The van der Waals surface area contributed by atoms with Crippen LogP contribution in [0.4, 0.5) is 5.69 Å². The monoisotopic (exact) mass is 167 g/mol. The van der Waals surface area contributed by atoms with Crippen molar-refractivity contribution < 1.29 is 0 Å². The van der Waals surface area contributed by atoms with Crippen LogP contribution in [0.3, 0.4) is 0 Å². The lowest BCUT2D eigenvalue weighted by molar-refractivity contribution is 0.490. The topological polar surface area (TPSA) is 43.8 Å². The molecule has 12 heavy (non-hydrogen) atoms. The molecule has 0 saturated carbocycles. The van der Waals surface area contributed by atoms with E-state index in [0.29, 0.717) is 0 Å². The van der Waals surface area contributed by atoms with Crippen molar-refractivity contribution in [2.24, 2.45) is 5.92 Å². The Kier molecular flexibility index (Phi) is 3.14. The van der Waals surface area contributed by atoms with Crippen molar-refractivity contribution >= 4 is 5.69 Å². The van der Waals surface area contributed by atoms with Gasteiger partial charge in [0.25, 0.3) is 0 Å². The van der Waals surface area contributed by atoms with E-state index in [1.807, 2.05) is 10.9 Å². The number of nitrogens with two attached hydrogens (primary N) is 1. The molecule has 0 amide bonds. The van der Waals surface area contributed by atoms with Crippen molar-refractivity contribution in [1.82, 2.24) is 9.78 Å². The van der Waals surface area contributed by atoms with E-state index in [9.17, 15) is 0 Å². The van der Waals surface area contributed by atoms with E-state index >= 15 is 0 Å². The minimum absolute atomic E-state index is 0.750. The fraction of sp³-hybridized carbons (Fsp3) is 0.667. The maximum atomic E-state index is 5.53. The fourth-order valence-electron chi connectivity index (χ4n) is 1.16. The number of hydrogen-bond acceptors (Lipinski definition) is 2. The summed E-state index contributed by atoms with van der Waals surface area (Å²) in [6.07, 6.45) is 5.99. The van der Waals surface area contributed by atoms with Crippen LogP contribution in [0.25, 0.3) is 0 Å². The minimum atomic E-state index is 0.750. The maximum absolute atomic E-state index is 5.53. The highest BCUT2D eigenvalue weighted by atomic mass is 15.3. The molecule has 3 nitrogen and oxygen atoms in total. The Bertz CT molecular complexity index is 227. The van der Waals surface area contributed by atoms with Crippen LogP contribution < -0.4 is 5.73 Å². The molecule has 0 spiro atoms. The number of aryl methyl sites for hydroxylation is 1. The van der Waals surface area contributed by atoms with Crippen molar-refractivity contribution in [2.45, 2.75) is 33.2 Å². The molecule has 3 heteroatoms. The highest BCUT2D eigenvalue weighted by Gasteiger charge is 1.96. The van der Waals surface area contributed by atoms with Crippen LogP contribution in [0.5, 0.6) is 0 Å². The van der Waals surface area contributed by atoms with Gasteiger partial charge in [-0.15, -0.1) is 0 Å². The molecule has 0 unspecified atom stereocenters. The number of aromatic nitrogens is 2. The molecule has 1 aromatic rings. The van der Waals surface area contributed by atoms with Crippen LogP contribution in [0.1, 0.15) is 26.7 Å². The van der Waals surface area contributed by atoms with Gasteiger partial charge in [-0.3, -0.25) is 4.68 Å². The van der Waals surface area contributed by atoms with E-state index in [1.165, 1.54) is 12.8 Å². The predicted octanol–water partition coefficient (Wildman–Crippen LogP) is 1.90. The third-order valence-corrected chi connectivity index (χ3v) is 1.82. The third-order valence-electron chi connectivity index (χ3n) is 1.82. The van der Waals surface area contributed by atoms with Gasteiger partial charge >= 0.3 is 0 Å². The Morgan fingerprint density at radius 1 is 1.58 bits per heavy atom. The second-order valence-electron chi connectivity index (χ2n) is 3.57. The largest absolute Gasteiger partial charge is 0.396 e. The molecule has 0 saturated heterocycles. The smallest absolute Gasteiger partial charge is 0.0719 e. The molecular formula is C9H17N3. The summed E-state index contributed by atoms with van der Waals surface area (Å²) in [7, 11) is 0. The van der Waals surface area contributed by atoms with Gasteiger partial charge in [0.2, 0.25) is 0 Å². The SMILES string of the molecule is CC(C)CCCn1cc(N)cn1.